The molecule has 0 aliphatic rings. The predicted molar refractivity (Wildman–Crippen MR) is 141 cm³/mol. The molecule has 3 aromatic carbocycles. The number of aryl methyl sites for hydroxylation is 1. The van der Waals surface area contributed by atoms with Crippen LogP contribution in [-0.2, 0) is 17.4 Å². The van der Waals surface area contributed by atoms with Crippen molar-refractivity contribution in [3.05, 3.63) is 107 Å². The van der Waals surface area contributed by atoms with Gasteiger partial charge in [0.05, 0.1) is 16.8 Å². The van der Waals surface area contributed by atoms with Crippen LogP contribution < -0.4 is 5.32 Å². The Labute approximate surface area is 235 Å². The molecule has 0 spiro atoms. The van der Waals surface area contributed by atoms with E-state index < -0.39 is 35.5 Å². The summed E-state index contributed by atoms with van der Waals surface area (Å²) in [5.41, 5.74) is 1.30. The summed E-state index contributed by atoms with van der Waals surface area (Å²) in [7, 11) is 0. The lowest BCUT2D eigenvalue weighted by molar-refractivity contribution is -0.139. The second kappa shape index (κ2) is 11.3. The predicted octanol–water partition coefficient (Wildman–Crippen LogP) is 5.48. The molecule has 2 heterocycles. The summed E-state index contributed by atoms with van der Waals surface area (Å²) in [5.74, 6) is -2.68. The van der Waals surface area contributed by atoms with Crippen molar-refractivity contribution in [3.8, 4) is 28.5 Å². The van der Waals surface area contributed by atoms with Crippen molar-refractivity contribution in [2.75, 3.05) is 0 Å². The molecule has 0 saturated heterocycles. The molecular weight excluding hydrogens is 558 g/mol. The van der Waals surface area contributed by atoms with E-state index in [0.717, 1.165) is 23.8 Å². The maximum atomic E-state index is 15.0. The molecule has 1 amide bonds. The first-order chi connectivity index (χ1) is 20.0. The minimum atomic E-state index is -4.50. The lowest BCUT2D eigenvalue weighted by Gasteiger charge is -2.14. The molecule has 0 aliphatic heterocycles. The van der Waals surface area contributed by atoms with E-state index in [0.29, 0.717) is 5.56 Å². The normalized spacial score (nSPS) is 12.2. The van der Waals surface area contributed by atoms with Crippen LogP contribution >= 0.6 is 0 Å². The van der Waals surface area contributed by atoms with Crippen LogP contribution in [0.1, 0.15) is 27.2 Å². The van der Waals surface area contributed by atoms with E-state index in [9.17, 15) is 27.9 Å². The van der Waals surface area contributed by atoms with E-state index in [1.807, 2.05) is 19.1 Å². The number of aromatic nitrogens is 4. The van der Waals surface area contributed by atoms with Crippen LogP contribution in [0.5, 0.6) is 0 Å². The van der Waals surface area contributed by atoms with Crippen LogP contribution in [0.25, 0.3) is 28.5 Å². The number of amides is 1. The first-order valence-electron chi connectivity index (χ1n) is 12.4. The first-order valence-corrected chi connectivity index (χ1v) is 12.4. The van der Waals surface area contributed by atoms with Crippen LogP contribution in [0, 0.1) is 12.7 Å². The molecule has 0 fully saturated rings. The highest BCUT2D eigenvalue weighted by molar-refractivity contribution is 5.95. The number of hydrogen-bond donors (Lipinski definition) is 2. The number of carbonyl (C=O) groups excluding carboxylic acids is 1. The van der Waals surface area contributed by atoms with Crippen molar-refractivity contribution >= 4 is 11.9 Å². The van der Waals surface area contributed by atoms with Crippen molar-refractivity contribution in [1.29, 1.82) is 0 Å². The van der Waals surface area contributed by atoms with Crippen molar-refractivity contribution < 1.29 is 36.8 Å². The number of carbonyl (C=O) groups is 2. The number of carboxylic acids is 1. The summed E-state index contributed by atoms with van der Waals surface area (Å²) in [4.78, 5) is 28.9. The number of benzene rings is 3. The summed E-state index contributed by atoms with van der Waals surface area (Å²) < 4.78 is 59.9. The zero-order valence-corrected chi connectivity index (χ0v) is 21.8. The number of aliphatic carboxylic acids is 1. The molecule has 13 heteroatoms. The number of rotatable bonds is 8. The Balaban J connectivity index is 1.27. The van der Waals surface area contributed by atoms with Gasteiger partial charge in [-0.25, -0.2) is 13.9 Å². The minimum absolute atomic E-state index is 0.0151. The molecule has 5 aromatic rings. The van der Waals surface area contributed by atoms with Crippen LogP contribution in [0.15, 0.2) is 83.5 Å². The fraction of sp³-hybridized carbons (Fsp3) is 0.138. The van der Waals surface area contributed by atoms with Gasteiger partial charge >= 0.3 is 12.1 Å². The fourth-order valence-electron chi connectivity index (χ4n) is 4.07. The standard InChI is InChI=1S/C29H21F4N5O4/c1-16-2-5-18(6-3-16)27-35-25(37-42-27)21-11-4-17(14-22(21)30)15-24(28(40)41)34-26(39)23-12-13-38(36-23)20-9-7-19(8-10-20)29(31,32)33/h2-14,24H,15H2,1H3,(H,34,39)(H,40,41). The van der Waals surface area contributed by atoms with Gasteiger partial charge in [0.1, 0.15) is 11.9 Å². The Kier molecular flexibility index (Phi) is 7.57. The molecule has 214 valence electrons. The van der Waals surface area contributed by atoms with Crippen LogP contribution in [-0.4, -0.2) is 42.9 Å². The van der Waals surface area contributed by atoms with Crippen molar-refractivity contribution in [2.45, 2.75) is 25.6 Å². The third kappa shape index (κ3) is 6.19. The van der Waals surface area contributed by atoms with Crippen molar-refractivity contribution in [2.24, 2.45) is 0 Å². The smallest absolute Gasteiger partial charge is 0.416 e. The molecule has 0 bridgehead atoms. The Morgan fingerprint density at radius 1 is 1.02 bits per heavy atom. The molecular formula is C29H21F4N5O4. The number of alkyl halides is 3. The van der Waals surface area contributed by atoms with Gasteiger partial charge in [-0.05, 0) is 67.1 Å². The molecule has 2 aromatic heterocycles. The summed E-state index contributed by atoms with van der Waals surface area (Å²) in [6.45, 7) is 1.93. The summed E-state index contributed by atoms with van der Waals surface area (Å²) >= 11 is 0. The van der Waals surface area contributed by atoms with Gasteiger partial charge in [-0.3, -0.25) is 4.79 Å². The minimum Gasteiger partial charge on any atom is -0.480 e. The van der Waals surface area contributed by atoms with Gasteiger partial charge in [-0.1, -0.05) is 28.9 Å². The van der Waals surface area contributed by atoms with Crippen LogP contribution in [0.2, 0.25) is 0 Å². The molecule has 1 atom stereocenters. The van der Waals surface area contributed by atoms with E-state index >= 15 is 4.39 Å². The molecule has 5 rings (SSSR count). The zero-order chi connectivity index (χ0) is 30.0. The Morgan fingerprint density at radius 3 is 2.38 bits per heavy atom. The van der Waals surface area contributed by atoms with Crippen LogP contribution in [0.4, 0.5) is 17.6 Å². The van der Waals surface area contributed by atoms with Gasteiger partial charge < -0.3 is 14.9 Å². The number of carboxylic acid groups (broad SMARTS) is 1. The summed E-state index contributed by atoms with van der Waals surface area (Å²) in [6.07, 6.45) is -3.40. The largest absolute Gasteiger partial charge is 0.480 e. The molecule has 1 unspecified atom stereocenters. The summed E-state index contributed by atoms with van der Waals surface area (Å²) in [5, 5.41) is 19.9. The monoisotopic (exact) mass is 579 g/mol. The van der Waals surface area contributed by atoms with Gasteiger partial charge in [0, 0.05) is 18.2 Å². The molecule has 0 aliphatic carbocycles. The number of halogens is 4. The Bertz CT molecular complexity index is 1750. The highest BCUT2D eigenvalue weighted by Crippen LogP contribution is 2.29. The third-order valence-electron chi connectivity index (χ3n) is 6.32. The van der Waals surface area contributed by atoms with E-state index in [4.69, 9.17) is 4.52 Å². The summed E-state index contributed by atoms with van der Waals surface area (Å²) in [6, 6.07) is 15.3. The highest BCUT2D eigenvalue weighted by atomic mass is 19.4. The lowest BCUT2D eigenvalue weighted by Crippen LogP contribution is -2.42. The fourth-order valence-corrected chi connectivity index (χ4v) is 4.07. The molecule has 2 N–H and O–H groups in total. The van der Waals surface area contributed by atoms with Gasteiger partial charge in [0.15, 0.2) is 5.69 Å². The molecule has 42 heavy (non-hydrogen) atoms. The third-order valence-corrected chi connectivity index (χ3v) is 6.32. The zero-order valence-electron chi connectivity index (χ0n) is 21.8. The molecule has 0 saturated carbocycles. The molecule has 9 nitrogen and oxygen atoms in total. The van der Waals surface area contributed by atoms with Gasteiger partial charge in [-0.2, -0.15) is 23.3 Å². The van der Waals surface area contributed by atoms with Crippen molar-refractivity contribution in [1.82, 2.24) is 25.2 Å². The average Bonchev–Trinajstić information content (AvgIpc) is 3.64. The van der Waals surface area contributed by atoms with Gasteiger partial charge in [0.2, 0.25) is 5.82 Å². The van der Waals surface area contributed by atoms with E-state index in [1.54, 1.807) is 12.1 Å². The van der Waals surface area contributed by atoms with Crippen LogP contribution in [0.3, 0.4) is 0 Å². The van der Waals surface area contributed by atoms with Gasteiger partial charge in [-0.15, -0.1) is 0 Å². The van der Waals surface area contributed by atoms with Crippen molar-refractivity contribution in [3.63, 3.8) is 0 Å². The second-order valence-electron chi connectivity index (χ2n) is 9.36. The maximum absolute atomic E-state index is 15.0. The number of nitrogens with one attached hydrogen (secondary N) is 1. The first kappa shape index (κ1) is 28.2. The van der Waals surface area contributed by atoms with E-state index in [1.165, 1.54) is 41.2 Å². The topological polar surface area (TPSA) is 123 Å². The lowest BCUT2D eigenvalue weighted by atomic mass is 10.0. The highest BCUT2D eigenvalue weighted by Gasteiger charge is 2.30. The SMILES string of the molecule is Cc1ccc(-c2nc(-c3ccc(CC(NC(=O)c4ccn(-c5ccc(C(F)(F)F)cc5)n4)C(=O)O)cc3F)no2)cc1. The Morgan fingerprint density at radius 2 is 1.74 bits per heavy atom. The number of nitrogens with zero attached hydrogens (tertiary/aromatic N) is 4. The average molecular weight is 580 g/mol. The van der Waals surface area contributed by atoms with E-state index in [2.05, 4.69) is 20.6 Å². The quantitative estimate of drug-likeness (QED) is 0.233. The number of hydrogen-bond acceptors (Lipinski definition) is 6. The Hall–Kier alpha value is -5.33. The molecule has 0 radical (unpaired) electrons. The second-order valence-corrected chi connectivity index (χ2v) is 9.36. The van der Waals surface area contributed by atoms with Gasteiger partial charge in [0.25, 0.3) is 11.8 Å². The van der Waals surface area contributed by atoms with E-state index in [-0.39, 0.29) is 40.6 Å². The maximum Gasteiger partial charge on any atom is 0.416 e.